The molecule has 148 valence electrons. The predicted octanol–water partition coefficient (Wildman–Crippen LogP) is 8.01. The van der Waals surface area contributed by atoms with Gasteiger partial charge < -0.3 is 0 Å². The predicted molar refractivity (Wildman–Crippen MR) is 111 cm³/mol. The van der Waals surface area contributed by atoms with Crippen molar-refractivity contribution in [2.45, 2.75) is 120 Å². The maximum absolute atomic E-state index is 2.60. The van der Waals surface area contributed by atoms with E-state index in [1.165, 1.54) is 64.2 Å². The highest BCUT2D eigenvalue weighted by Crippen LogP contribution is 3.36. The van der Waals surface area contributed by atoms with Crippen molar-refractivity contribution < 1.29 is 0 Å². The fourth-order valence-electron chi connectivity index (χ4n) is 15.8. The number of hydrogen-bond acceptors (Lipinski definition) is 0. The van der Waals surface area contributed by atoms with Gasteiger partial charge in [0.15, 0.2) is 0 Å². The van der Waals surface area contributed by atoms with Gasteiger partial charge in [0.05, 0.1) is 0 Å². The lowest BCUT2D eigenvalue weighted by Crippen LogP contribution is -3.31. The van der Waals surface area contributed by atoms with Crippen LogP contribution in [-0.4, -0.2) is 0 Å². The molecule has 0 N–H and O–H groups in total. The molecule has 0 heteroatoms. The van der Waals surface area contributed by atoms with Crippen LogP contribution in [0.25, 0.3) is 0 Å². The molecule has 0 amide bonds. The lowest BCUT2D eigenvalue weighted by atomic mass is 8.68. The minimum absolute atomic E-state index is 0.711. The Bertz CT molecular complexity index is 590. The Hall–Kier alpha value is 0. The molecule has 0 nitrogen and oxygen atoms in total. The molecule has 26 heavy (non-hydrogen) atoms. The van der Waals surface area contributed by atoms with Crippen LogP contribution in [0, 0.1) is 43.3 Å². The molecule has 0 aromatic carbocycles. The van der Waals surface area contributed by atoms with Crippen LogP contribution >= 0.6 is 0 Å². The van der Waals surface area contributed by atoms with E-state index in [9.17, 15) is 0 Å². The molecule has 6 rings (SSSR count). The van der Waals surface area contributed by atoms with Gasteiger partial charge in [-0.1, -0.05) is 68.2 Å². The highest BCUT2D eigenvalue weighted by molar-refractivity contribution is 5.78. The standard InChI is InChI=1S/C26H44/c1-9-17-25-21(13-5)19(11-3)22(14-6)20(21,12-4)24(25,16-8)26(22,18-10-2)23(19,25)15-7/h9-18H2,1-8H3. The van der Waals surface area contributed by atoms with E-state index in [2.05, 4.69) is 55.4 Å². The number of rotatable bonds is 10. The topological polar surface area (TPSA) is 0 Å². The molecule has 6 aliphatic carbocycles. The van der Waals surface area contributed by atoms with E-state index in [1.54, 1.807) is 0 Å². The van der Waals surface area contributed by atoms with Gasteiger partial charge in [0.1, 0.15) is 0 Å². The summed E-state index contributed by atoms with van der Waals surface area (Å²) in [6.45, 7) is 20.5. The van der Waals surface area contributed by atoms with Crippen molar-refractivity contribution in [2.75, 3.05) is 0 Å². The minimum atomic E-state index is 0.711. The Kier molecular flexibility index (Phi) is 2.97. The highest BCUT2D eigenvalue weighted by Gasteiger charge is 3.33. The van der Waals surface area contributed by atoms with Gasteiger partial charge in [0.25, 0.3) is 0 Å². The first-order valence-corrected chi connectivity index (χ1v) is 12.5. The Balaban J connectivity index is 1.85. The van der Waals surface area contributed by atoms with Gasteiger partial charge in [-0.15, -0.1) is 0 Å². The molecule has 0 radical (unpaired) electrons. The van der Waals surface area contributed by atoms with Gasteiger partial charge in [-0.3, -0.25) is 0 Å². The summed E-state index contributed by atoms with van der Waals surface area (Å²) in [6, 6.07) is 0. The summed E-state index contributed by atoms with van der Waals surface area (Å²) in [4.78, 5) is 0. The average molecular weight is 357 g/mol. The molecule has 0 heterocycles. The van der Waals surface area contributed by atoms with Crippen molar-refractivity contribution in [3.8, 4) is 0 Å². The Morgan fingerprint density at radius 3 is 0.692 bits per heavy atom. The van der Waals surface area contributed by atoms with Crippen LogP contribution in [0.3, 0.4) is 0 Å². The zero-order valence-electron chi connectivity index (χ0n) is 19.1. The van der Waals surface area contributed by atoms with Crippen LogP contribution in [0.4, 0.5) is 0 Å². The monoisotopic (exact) mass is 356 g/mol. The fourth-order valence-corrected chi connectivity index (χ4v) is 15.8. The summed E-state index contributed by atoms with van der Waals surface area (Å²) in [5.74, 6) is 0. The molecular weight excluding hydrogens is 312 g/mol. The third kappa shape index (κ3) is 0.707. The SMILES string of the molecule is CCCC12C3(CC)C4(CC)C5(CC)C3(CC)C1(CC)C5(CCC)C42CC. The lowest BCUT2D eigenvalue weighted by molar-refractivity contribution is -0.888. The van der Waals surface area contributed by atoms with Gasteiger partial charge in [-0.25, -0.2) is 0 Å². The van der Waals surface area contributed by atoms with E-state index in [-0.39, 0.29) is 0 Å². The maximum atomic E-state index is 2.60. The Morgan fingerprint density at radius 1 is 0.308 bits per heavy atom. The molecule has 0 aromatic rings. The van der Waals surface area contributed by atoms with E-state index >= 15 is 0 Å². The van der Waals surface area contributed by atoms with Crippen molar-refractivity contribution in [2.24, 2.45) is 43.3 Å². The first-order chi connectivity index (χ1) is 12.5. The van der Waals surface area contributed by atoms with Crippen molar-refractivity contribution >= 4 is 0 Å². The third-order valence-electron chi connectivity index (χ3n) is 13.2. The first kappa shape index (κ1) is 18.1. The quantitative estimate of drug-likeness (QED) is 0.372. The summed E-state index contributed by atoms with van der Waals surface area (Å²) < 4.78 is 0. The molecular formula is C26H44. The van der Waals surface area contributed by atoms with Crippen LogP contribution in [0.5, 0.6) is 0 Å². The second-order valence-electron chi connectivity index (χ2n) is 10.9. The largest absolute Gasteiger partial charge is 0.0654 e. The molecule has 0 atom stereocenters. The maximum Gasteiger partial charge on any atom is -0.00940 e. The van der Waals surface area contributed by atoms with Crippen LogP contribution in [0.1, 0.15) is 120 Å². The van der Waals surface area contributed by atoms with E-state index in [1.807, 2.05) is 0 Å². The molecule has 0 saturated heterocycles. The highest BCUT2D eigenvalue weighted by atomic mass is 15.4. The number of hydrogen-bond donors (Lipinski definition) is 0. The zero-order valence-corrected chi connectivity index (χ0v) is 19.1. The van der Waals surface area contributed by atoms with Gasteiger partial charge in [-0.05, 0) is 94.7 Å². The van der Waals surface area contributed by atoms with Crippen molar-refractivity contribution in [3.05, 3.63) is 0 Å². The van der Waals surface area contributed by atoms with Crippen molar-refractivity contribution in [1.29, 1.82) is 0 Å². The first-order valence-electron chi connectivity index (χ1n) is 12.5. The van der Waals surface area contributed by atoms with E-state index < -0.39 is 0 Å². The molecule has 0 bridgehead atoms. The minimum Gasteiger partial charge on any atom is -0.0654 e. The summed E-state index contributed by atoms with van der Waals surface area (Å²) in [5, 5.41) is 0. The normalized spacial score (nSPS) is 64.6. The lowest BCUT2D eigenvalue weighted by Gasteiger charge is -3.34. The average Bonchev–Trinajstić information content (AvgIpc) is 2.66. The Morgan fingerprint density at radius 2 is 0.500 bits per heavy atom. The molecule has 6 saturated carbocycles. The van der Waals surface area contributed by atoms with Crippen LogP contribution < -0.4 is 0 Å². The molecule has 0 spiro atoms. The molecule has 0 unspecified atom stereocenters. The van der Waals surface area contributed by atoms with Crippen molar-refractivity contribution in [3.63, 3.8) is 0 Å². The van der Waals surface area contributed by atoms with E-state index in [0.29, 0.717) is 32.5 Å². The second kappa shape index (κ2) is 4.28. The summed E-state index contributed by atoms with van der Waals surface area (Å²) in [6.07, 6.45) is 14.7. The molecule has 6 fully saturated rings. The molecule has 0 aromatic heterocycles. The molecule has 6 aliphatic rings. The van der Waals surface area contributed by atoms with Crippen LogP contribution in [0.15, 0.2) is 0 Å². The van der Waals surface area contributed by atoms with E-state index in [0.717, 1.165) is 10.8 Å². The molecule has 0 aliphatic heterocycles. The zero-order chi connectivity index (χ0) is 19.1. The smallest absolute Gasteiger partial charge is 0.00940 e. The summed E-state index contributed by atoms with van der Waals surface area (Å²) in [5.41, 5.74) is 5.72. The third-order valence-corrected chi connectivity index (χ3v) is 13.2. The van der Waals surface area contributed by atoms with Crippen LogP contribution in [-0.2, 0) is 0 Å². The summed E-state index contributed by atoms with van der Waals surface area (Å²) in [7, 11) is 0. The van der Waals surface area contributed by atoms with Gasteiger partial charge in [0.2, 0.25) is 0 Å². The van der Waals surface area contributed by atoms with Crippen LogP contribution in [0.2, 0.25) is 0 Å². The Labute approximate surface area is 163 Å². The summed E-state index contributed by atoms with van der Waals surface area (Å²) >= 11 is 0. The van der Waals surface area contributed by atoms with Gasteiger partial charge >= 0.3 is 0 Å². The van der Waals surface area contributed by atoms with Crippen molar-refractivity contribution in [1.82, 2.24) is 0 Å². The fraction of sp³-hybridized carbons (Fsp3) is 1.00. The second-order valence-corrected chi connectivity index (χ2v) is 10.9. The van der Waals surface area contributed by atoms with E-state index in [4.69, 9.17) is 0 Å². The van der Waals surface area contributed by atoms with Gasteiger partial charge in [-0.2, -0.15) is 0 Å². The van der Waals surface area contributed by atoms with Gasteiger partial charge in [0, 0.05) is 0 Å².